The van der Waals surface area contributed by atoms with Crippen LogP contribution in [0.25, 0.3) is 5.57 Å². The maximum atomic E-state index is 12.1. The third kappa shape index (κ3) is 4.60. The number of amides is 1. The molecule has 0 fully saturated rings. The van der Waals surface area contributed by atoms with Gasteiger partial charge >= 0.3 is 6.09 Å². The molecule has 0 atom stereocenters. The largest absolute Gasteiger partial charge is 0.444 e. The molecule has 5 nitrogen and oxygen atoms in total. The second kappa shape index (κ2) is 6.97. The number of carbonyl (C=O) groups excluding carboxylic acids is 1. The van der Waals surface area contributed by atoms with E-state index in [2.05, 4.69) is 0 Å². The first kappa shape index (κ1) is 18.5. The molecule has 0 radical (unpaired) electrons. The average molecular weight is 351 g/mol. The topological polar surface area (TPSA) is 63.7 Å². The molecule has 0 unspecified atom stereocenters. The van der Waals surface area contributed by atoms with Crippen molar-refractivity contribution in [2.75, 3.05) is 18.8 Å². The number of carbonyl (C=O) groups is 1. The monoisotopic (exact) mass is 351 g/mol. The zero-order chi connectivity index (χ0) is 18.0. The van der Waals surface area contributed by atoms with Crippen molar-refractivity contribution in [2.24, 2.45) is 0 Å². The highest BCUT2D eigenvalue weighted by Gasteiger charge is 2.24. The van der Waals surface area contributed by atoms with Crippen LogP contribution in [0.1, 0.15) is 39.7 Å². The van der Waals surface area contributed by atoms with Crippen LogP contribution in [-0.4, -0.2) is 43.9 Å². The molecule has 0 spiro atoms. The molecule has 132 valence electrons. The van der Waals surface area contributed by atoms with Crippen LogP contribution in [0.5, 0.6) is 0 Å². The summed E-state index contributed by atoms with van der Waals surface area (Å²) >= 11 is 0. The third-order valence-corrected chi connectivity index (χ3v) is 5.58. The summed E-state index contributed by atoms with van der Waals surface area (Å²) in [5, 5.41) is 0. The number of hydrogen-bond donors (Lipinski definition) is 0. The number of benzene rings is 1. The SMILES string of the molecule is CCS(=O)(=O)c1ccc(C2=CCN(C(=O)OC(C)(C)C)CC2)cc1. The Kier molecular flexibility index (Phi) is 5.38. The highest BCUT2D eigenvalue weighted by Crippen LogP contribution is 2.24. The molecular weight excluding hydrogens is 326 g/mol. The Hall–Kier alpha value is -1.82. The lowest BCUT2D eigenvalue weighted by atomic mass is 10.00. The van der Waals surface area contributed by atoms with Gasteiger partial charge in [-0.25, -0.2) is 13.2 Å². The molecule has 0 saturated heterocycles. The second-order valence-electron chi connectivity index (χ2n) is 6.83. The molecule has 1 aromatic rings. The van der Waals surface area contributed by atoms with Gasteiger partial charge in [0.05, 0.1) is 10.6 Å². The minimum absolute atomic E-state index is 0.0971. The van der Waals surface area contributed by atoms with Gasteiger partial charge in [-0.1, -0.05) is 25.1 Å². The number of hydrogen-bond acceptors (Lipinski definition) is 4. The van der Waals surface area contributed by atoms with E-state index in [1.807, 2.05) is 39.0 Å². The molecule has 1 aliphatic heterocycles. The molecule has 1 aromatic carbocycles. The Morgan fingerprint density at radius 1 is 1.21 bits per heavy atom. The average Bonchev–Trinajstić information content (AvgIpc) is 2.53. The summed E-state index contributed by atoms with van der Waals surface area (Å²) in [6, 6.07) is 6.96. The first-order chi connectivity index (χ1) is 11.1. The first-order valence-corrected chi connectivity index (χ1v) is 9.78. The normalized spacial score (nSPS) is 15.8. The fraction of sp³-hybridized carbons (Fsp3) is 0.500. The summed E-state index contributed by atoms with van der Waals surface area (Å²) in [6.45, 7) is 8.28. The molecule has 1 amide bonds. The van der Waals surface area contributed by atoms with Gasteiger partial charge in [0.2, 0.25) is 0 Å². The van der Waals surface area contributed by atoms with Gasteiger partial charge in [0, 0.05) is 13.1 Å². The molecule has 0 aliphatic carbocycles. The van der Waals surface area contributed by atoms with Crippen LogP contribution >= 0.6 is 0 Å². The van der Waals surface area contributed by atoms with E-state index in [4.69, 9.17) is 4.74 Å². The van der Waals surface area contributed by atoms with E-state index in [1.54, 1.807) is 24.0 Å². The molecule has 1 aliphatic rings. The highest BCUT2D eigenvalue weighted by atomic mass is 32.2. The molecule has 0 aromatic heterocycles. The minimum Gasteiger partial charge on any atom is -0.444 e. The van der Waals surface area contributed by atoms with Crippen molar-refractivity contribution < 1.29 is 17.9 Å². The summed E-state index contributed by atoms with van der Waals surface area (Å²) in [4.78, 5) is 14.1. The quantitative estimate of drug-likeness (QED) is 0.836. The molecule has 2 rings (SSSR count). The van der Waals surface area contributed by atoms with Crippen LogP contribution in [0.15, 0.2) is 35.2 Å². The molecular formula is C18H25NO4S. The molecule has 0 saturated carbocycles. The fourth-order valence-electron chi connectivity index (χ4n) is 2.47. The summed E-state index contributed by atoms with van der Waals surface area (Å²) in [7, 11) is -3.17. The van der Waals surface area contributed by atoms with Crippen molar-refractivity contribution in [3.05, 3.63) is 35.9 Å². The molecule has 1 heterocycles. The van der Waals surface area contributed by atoms with Crippen molar-refractivity contribution in [3.63, 3.8) is 0 Å². The van der Waals surface area contributed by atoms with Gasteiger partial charge in [-0.15, -0.1) is 0 Å². The van der Waals surface area contributed by atoms with Crippen molar-refractivity contribution in [1.82, 2.24) is 4.90 Å². The van der Waals surface area contributed by atoms with Crippen molar-refractivity contribution in [2.45, 2.75) is 44.6 Å². The van der Waals surface area contributed by atoms with Gasteiger partial charge in [-0.05, 0) is 50.5 Å². The third-order valence-electron chi connectivity index (χ3n) is 3.83. The van der Waals surface area contributed by atoms with Crippen molar-refractivity contribution >= 4 is 21.5 Å². The Labute approximate surface area is 144 Å². The predicted octanol–water partition coefficient (Wildman–Crippen LogP) is 3.50. The van der Waals surface area contributed by atoms with E-state index in [1.165, 1.54) is 0 Å². The number of nitrogens with zero attached hydrogens (tertiary/aromatic N) is 1. The van der Waals surface area contributed by atoms with Gasteiger partial charge in [-0.2, -0.15) is 0 Å². The lowest BCUT2D eigenvalue weighted by Gasteiger charge is -2.29. The van der Waals surface area contributed by atoms with Gasteiger partial charge in [0.25, 0.3) is 0 Å². The van der Waals surface area contributed by atoms with Gasteiger partial charge in [-0.3, -0.25) is 0 Å². The zero-order valence-electron chi connectivity index (χ0n) is 14.7. The van der Waals surface area contributed by atoms with Crippen molar-refractivity contribution in [1.29, 1.82) is 0 Å². The molecule has 0 N–H and O–H groups in total. The predicted molar refractivity (Wildman–Crippen MR) is 94.6 cm³/mol. The summed E-state index contributed by atoms with van der Waals surface area (Å²) < 4.78 is 29.1. The standard InChI is InChI=1S/C18H25NO4S/c1-5-24(21,22)16-8-6-14(7-9-16)15-10-12-19(13-11-15)17(20)23-18(2,3)4/h6-10H,5,11-13H2,1-4H3. The van der Waals surface area contributed by atoms with Gasteiger partial charge in [0.15, 0.2) is 9.84 Å². The highest BCUT2D eigenvalue weighted by molar-refractivity contribution is 7.91. The van der Waals surface area contributed by atoms with Crippen LogP contribution in [0, 0.1) is 0 Å². The zero-order valence-corrected chi connectivity index (χ0v) is 15.5. The minimum atomic E-state index is -3.17. The van der Waals surface area contributed by atoms with Crippen LogP contribution in [-0.2, 0) is 14.6 Å². The Morgan fingerprint density at radius 2 is 1.83 bits per heavy atom. The summed E-state index contributed by atoms with van der Waals surface area (Å²) in [5.41, 5.74) is 1.62. The van der Waals surface area contributed by atoms with Crippen LogP contribution in [0.4, 0.5) is 4.79 Å². The Morgan fingerprint density at radius 3 is 2.29 bits per heavy atom. The first-order valence-electron chi connectivity index (χ1n) is 8.12. The fourth-order valence-corrected chi connectivity index (χ4v) is 3.35. The van der Waals surface area contributed by atoms with E-state index in [0.29, 0.717) is 18.0 Å². The summed E-state index contributed by atoms with van der Waals surface area (Å²) in [5.74, 6) is 0.0971. The molecule has 6 heteroatoms. The van der Waals surface area contributed by atoms with E-state index in [9.17, 15) is 13.2 Å². The molecule has 24 heavy (non-hydrogen) atoms. The van der Waals surface area contributed by atoms with E-state index in [-0.39, 0.29) is 11.8 Å². The maximum Gasteiger partial charge on any atom is 0.410 e. The van der Waals surface area contributed by atoms with Crippen LogP contribution in [0.2, 0.25) is 0 Å². The lowest BCUT2D eigenvalue weighted by molar-refractivity contribution is 0.0270. The van der Waals surface area contributed by atoms with Gasteiger partial charge in [0.1, 0.15) is 5.60 Å². The Bertz CT molecular complexity index is 727. The van der Waals surface area contributed by atoms with Crippen LogP contribution in [0.3, 0.4) is 0 Å². The summed E-state index contributed by atoms with van der Waals surface area (Å²) in [6.07, 6.45) is 2.41. The van der Waals surface area contributed by atoms with Crippen molar-refractivity contribution in [3.8, 4) is 0 Å². The number of rotatable bonds is 3. The maximum absolute atomic E-state index is 12.1. The lowest BCUT2D eigenvalue weighted by Crippen LogP contribution is -2.39. The van der Waals surface area contributed by atoms with Crippen LogP contribution < -0.4 is 0 Å². The Balaban J connectivity index is 2.06. The van der Waals surface area contributed by atoms with Gasteiger partial charge < -0.3 is 9.64 Å². The molecule has 0 bridgehead atoms. The van der Waals surface area contributed by atoms with E-state index in [0.717, 1.165) is 17.6 Å². The second-order valence-corrected chi connectivity index (χ2v) is 9.11. The smallest absolute Gasteiger partial charge is 0.410 e. The van der Waals surface area contributed by atoms with E-state index >= 15 is 0 Å². The van der Waals surface area contributed by atoms with E-state index < -0.39 is 15.4 Å². The number of sulfone groups is 1. The number of ether oxygens (including phenoxy) is 1.